The molecule has 0 bridgehead atoms. The lowest BCUT2D eigenvalue weighted by atomic mass is 9.75. The molecular formula is C14H19ClN2O. The van der Waals surface area contributed by atoms with Gasteiger partial charge in [-0.25, -0.2) is 0 Å². The summed E-state index contributed by atoms with van der Waals surface area (Å²) in [6.07, 6.45) is 3.42. The van der Waals surface area contributed by atoms with Crippen LogP contribution in [0.1, 0.15) is 44.2 Å². The van der Waals surface area contributed by atoms with E-state index in [4.69, 9.17) is 17.3 Å². The first-order valence-corrected chi connectivity index (χ1v) is 6.71. The van der Waals surface area contributed by atoms with Crippen molar-refractivity contribution in [3.05, 3.63) is 34.9 Å². The quantitative estimate of drug-likeness (QED) is 0.880. The summed E-state index contributed by atoms with van der Waals surface area (Å²) in [5.74, 6) is 0.00428. The SMILES string of the molecule is CC(NC(=O)CC1(N)CCC1)c1ccccc1Cl. The van der Waals surface area contributed by atoms with Crippen LogP contribution in [0.5, 0.6) is 0 Å². The van der Waals surface area contributed by atoms with Gasteiger partial charge in [0.05, 0.1) is 6.04 Å². The standard InChI is InChI=1S/C14H19ClN2O/c1-10(11-5-2-3-6-12(11)15)17-13(18)9-14(16)7-4-8-14/h2-3,5-6,10H,4,7-9,16H2,1H3,(H,17,18). The topological polar surface area (TPSA) is 55.1 Å². The fraction of sp³-hybridized carbons (Fsp3) is 0.500. The van der Waals surface area contributed by atoms with Gasteiger partial charge >= 0.3 is 0 Å². The first kappa shape index (κ1) is 13.4. The van der Waals surface area contributed by atoms with Crippen molar-refractivity contribution in [1.29, 1.82) is 0 Å². The smallest absolute Gasteiger partial charge is 0.222 e. The fourth-order valence-corrected chi connectivity index (χ4v) is 2.62. The zero-order chi connectivity index (χ0) is 13.2. The number of hydrogen-bond donors (Lipinski definition) is 2. The lowest BCUT2D eigenvalue weighted by Gasteiger charge is -2.37. The largest absolute Gasteiger partial charge is 0.349 e. The first-order valence-electron chi connectivity index (χ1n) is 6.33. The third-order valence-electron chi connectivity index (χ3n) is 3.61. The van der Waals surface area contributed by atoms with Crippen molar-refractivity contribution in [1.82, 2.24) is 5.32 Å². The normalized spacial score (nSPS) is 18.8. The van der Waals surface area contributed by atoms with Crippen LogP contribution < -0.4 is 11.1 Å². The van der Waals surface area contributed by atoms with E-state index >= 15 is 0 Å². The van der Waals surface area contributed by atoms with Gasteiger partial charge in [0.15, 0.2) is 0 Å². The summed E-state index contributed by atoms with van der Waals surface area (Å²) in [5, 5.41) is 3.64. The fourth-order valence-electron chi connectivity index (χ4n) is 2.32. The third kappa shape index (κ3) is 3.03. The van der Waals surface area contributed by atoms with Gasteiger partial charge in [-0.2, -0.15) is 0 Å². The molecule has 1 aromatic carbocycles. The van der Waals surface area contributed by atoms with Crippen molar-refractivity contribution >= 4 is 17.5 Å². The molecule has 2 rings (SSSR count). The van der Waals surface area contributed by atoms with Gasteiger partial charge in [-0.3, -0.25) is 4.79 Å². The molecule has 3 N–H and O–H groups in total. The van der Waals surface area contributed by atoms with Gasteiger partial charge in [0.1, 0.15) is 0 Å². The zero-order valence-electron chi connectivity index (χ0n) is 10.6. The van der Waals surface area contributed by atoms with Crippen molar-refractivity contribution in [2.45, 2.75) is 44.2 Å². The van der Waals surface area contributed by atoms with Gasteiger partial charge in [0.2, 0.25) is 5.91 Å². The molecule has 1 unspecified atom stereocenters. The predicted octanol–water partition coefficient (Wildman–Crippen LogP) is 2.79. The minimum atomic E-state index is -0.274. The summed E-state index contributed by atoms with van der Waals surface area (Å²) in [5.41, 5.74) is 6.72. The Hall–Kier alpha value is -1.06. The van der Waals surface area contributed by atoms with E-state index in [1.165, 1.54) is 0 Å². The molecule has 0 spiro atoms. The predicted molar refractivity (Wildman–Crippen MR) is 73.4 cm³/mol. The Kier molecular flexibility index (Phi) is 3.93. The van der Waals surface area contributed by atoms with E-state index in [2.05, 4.69) is 5.32 Å². The number of amides is 1. The van der Waals surface area contributed by atoms with Crippen molar-refractivity contribution in [2.24, 2.45) is 5.73 Å². The van der Waals surface area contributed by atoms with Crippen molar-refractivity contribution in [3.8, 4) is 0 Å². The van der Waals surface area contributed by atoms with Crippen LogP contribution in [-0.4, -0.2) is 11.4 Å². The van der Waals surface area contributed by atoms with Gasteiger partial charge in [-0.05, 0) is 37.8 Å². The average molecular weight is 267 g/mol. The lowest BCUT2D eigenvalue weighted by Crippen LogP contribution is -2.50. The summed E-state index contributed by atoms with van der Waals surface area (Å²) in [6.45, 7) is 1.93. The van der Waals surface area contributed by atoms with Gasteiger partial charge < -0.3 is 11.1 Å². The van der Waals surface area contributed by atoms with Crippen molar-refractivity contribution in [2.75, 3.05) is 0 Å². The highest BCUT2D eigenvalue weighted by Gasteiger charge is 2.34. The van der Waals surface area contributed by atoms with E-state index in [1.54, 1.807) is 0 Å². The Bertz CT molecular complexity index is 443. The van der Waals surface area contributed by atoms with E-state index in [1.807, 2.05) is 31.2 Å². The van der Waals surface area contributed by atoms with Crippen LogP contribution in [0.25, 0.3) is 0 Å². The molecular weight excluding hydrogens is 248 g/mol. The van der Waals surface area contributed by atoms with Gasteiger partial charge in [-0.1, -0.05) is 29.8 Å². The molecule has 1 atom stereocenters. The first-order chi connectivity index (χ1) is 8.50. The van der Waals surface area contributed by atoms with E-state index < -0.39 is 0 Å². The Morgan fingerprint density at radius 1 is 1.50 bits per heavy atom. The molecule has 1 aliphatic carbocycles. The molecule has 0 heterocycles. The highest BCUT2D eigenvalue weighted by Crippen LogP contribution is 2.32. The highest BCUT2D eigenvalue weighted by atomic mass is 35.5. The number of carbonyl (C=O) groups is 1. The second-order valence-corrected chi connectivity index (χ2v) is 5.61. The minimum Gasteiger partial charge on any atom is -0.349 e. The molecule has 1 fully saturated rings. The summed E-state index contributed by atoms with van der Waals surface area (Å²) >= 11 is 6.10. The summed E-state index contributed by atoms with van der Waals surface area (Å²) in [4.78, 5) is 11.9. The lowest BCUT2D eigenvalue weighted by molar-refractivity contribution is -0.123. The van der Waals surface area contributed by atoms with Crippen LogP contribution in [0.2, 0.25) is 5.02 Å². The molecule has 1 aromatic rings. The molecule has 1 saturated carbocycles. The minimum absolute atomic E-state index is 0.00428. The van der Waals surface area contributed by atoms with Crippen LogP contribution in [0.3, 0.4) is 0 Å². The molecule has 0 radical (unpaired) electrons. The van der Waals surface area contributed by atoms with Gasteiger partial charge in [-0.15, -0.1) is 0 Å². The van der Waals surface area contributed by atoms with Crippen molar-refractivity contribution < 1.29 is 4.79 Å². The van der Waals surface area contributed by atoms with E-state index in [-0.39, 0.29) is 17.5 Å². The molecule has 1 aliphatic rings. The Morgan fingerprint density at radius 2 is 2.17 bits per heavy atom. The number of halogens is 1. The van der Waals surface area contributed by atoms with Gasteiger partial charge in [0, 0.05) is 17.0 Å². The summed E-state index contributed by atoms with van der Waals surface area (Å²) in [7, 11) is 0. The number of nitrogens with two attached hydrogens (primary N) is 1. The number of rotatable bonds is 4. The van der Waals surface area contributed by atoms with Gasteiger partial charge in [0.25, 0.3) is 0 Å². The molecule has 0 aliphatic heterocycles. The van der Waals surface area contributed by atoms with Crippen LogP contribution in [-0.2, 0) is 4.79 Å². The second-order valence-electron chi connectivity index (χ2n) is 5.20. The number of nitrogens with one attached hydrogen (secondary N) is 1. The molecule has 0 saturated heterocycles. The van der Waals surface area contributed by atoms with E-state index in [0.29, 0.717) is 11.4 Å². The molecule has 4 heteroatoms. The van der Waals surface area contributed by atoms with E-state index in [9.17, 15) is 4.79 Å². The third-order valence-corrected chi connectivity index (χ3v) is 3.96. The van der Waals surface area contributed by atoms with Crippen LogP contribution in [0.15, 0.2) is 24.3 Å². The second kappa shape index (κ2) is 5.29. The highest BCUT2D eigenvalue weighted by molar-refractivity contribution is 6.31. The van der Waals surface area contributed by atoms with E-state index in [0.717, 1.165) is 24.8 Å². The molecule has 3 nitrogen and oxygen atoms in total. The average Bonchev–Trinajstić information content (AvgIpc) is 2.27. The Labute approximate surface area is 113 Å². The Balaban J connectivity index is 1.93. The zero-order valence-corrected chi connectivity index (χ0v) is 11.3. The van der Waals surface area contributed by atoms with Crippen LogP contribution in [0, 0.1) is 0 Å². The molecule has 0 aromatic heterocycles. The number of benzene rings is 1. The maximum atomic E-state index is 11.9. The molecule has 98 valence electrons. The number of hydrogen-bond acceptors (Lipinski definition) is 2. The maximum absolute atomic E-state index is 11.9. The van der Waals surface area contributed by atoms with Crippen LogP contribution >= 0.6 is 11.6 Å². The Morgan fingerprint density at radius 3 is 2.72 bits per heavy atom. The monoisotopic (exact) mass is 266 g/mol. The van der Waals surface area contributed by atoms with Crippen LogP contribution in [0.4, 0.5) is 0 Å². The molecule has 18 heavy (non-hydrogen) atoms. The summed E-state index contributed by atoms with van der Waals surface area (Å²) < 4.78 is 0. The molecule has 1 amide bonds. The maximum Gasteiger partial charge on any atom is 0.222 e. The number of carbonyl (C=O) groups excluding carboxylic acids is 1. The van der Waals surface area contributed by atoms with Crippen molar-refractivity contribution in [3.63, 3.8) is 0 Å². The summed E-state index contributed by atoms with van der Waals surface area (Å²) in [6, 6.07) is 7.46.